The molecule has 0 saturated heterocycles. The van der Waals surface area contributed by atoms with Crippen molar-refractivity contribution in [3.63, 3.8) is 0 Å². The lowest BCUT2D eigenvalue weighted by atomic mass is 10.0. The Morgan fingerprint density at radius 2 is 2.32 bits per heavy atom. The van der Waals surface area contributed by atoms with Crippen molar-refractivity contribution in [1.82, 2.24) is 0 Å². The summed E-state index contributed by atoms with van der Waals surface area (Å²) in [5.74, 6) is 0. The molecular formula is C15H16N2OS. The second-order valence-corrected chi connectivity index (χ2v) is 5.23. The molecule has 2 aromatic rings. The van der Waals surface area contributed by atoms with Gasteiger partial charge in [-0.2, -0.15) is 11.3 Å². The van der Waals surface area contributed by atoms with Crippen LogP contribution < -0.4 is 11.1 Å². The maximum Gasteiger partial charge on any atom is 0.0885 e. The minimum atomic E-state index is 0.679. The Balaban J connectivity index is 2.07. The van der Waals surface area contributed by atoms with E-state index in [2.05, 4.69) is 28.2 Å². The molecule has 0 spiro atoms. The molecule has 3 rings (SSSR count). The third kappa shape index (κ3) is 2.19. The van der Waals surface area contributed by atoms with Crippen molar-refractivity contribution in [2.75, 3.05) is 24.2 Å². The van der Waals surface area contributed by atoms with Gasteiger partial charge in [-0.25, -0.2) is 0 Å². The summed E-state index contributed by atoms with van der Waals surface area (Å²) in [6.07, 6.45) is 1.83. The van der Waals surface area contributed by atoms with Crippen molar-refractivity contribution in [2.24, 2.45) is 0 Å². The summed E-state index contributed by atoms with van der Waals surface area (Å²) in [5, 5.41) is 7.54. The zero-order valence-electron chi connectivity index (χ0n) is 10.8. The lowest BCUT2D eigenvalue weighted by molar-refractivity contribution is 0.270. The molecule has 1 aromatic carbocycles. The first-order valence-corrected chi connectivity index (χ1v) is 7.25. The van der Waals surface area contributed by atoms with Crippen LogP contribution >= 0.6 is 11.3 Å². The molecule has 0 unspecified atom stereocenters. The van der Waals surface area contributed by atoms with Crippen LogP contribution in [0.5, 0.6) is 0 Å². The number of fused-ring (bicyclic) bond motifs is 1. The first kappa shape index (κ1) is 12.1. The van der Waals surface area contributed by atoms with Crippen molar-refractivity contribution >= 4 is 28.3 Å². The minimum absolute atomic E-state index is 0.679. The highest BCUT2D eigenvalue weighted by molar-refractivity contribution is 7.08. The number of rotatable bonds is 3. The van der Waals surface area contributed by atoms with E-state index in [0.717, 1.165) is 34.6 Å². The van der Waals surface area contributed by atoms with E-state index < -0.39 is 0 Å². The van der Waals surface area contributed by atoms with Crippen molar-refractivity contribution in [3.8, 4) is 11.1 Å². The summed E-state index contributed by atoms with van der Waals surface area (Å²) in [6, 6.07) is 6.32. The fourth-order valence-electron chi connectivity index (χ4n) is 2.28. The predicted molar refractivity (Wildman–Crippen MR) is 82.3 cm³/mol. The molecular weight excluding hydrogens is 256 g/mol. The van der Waals surface area contributed by atoms with Crippen LogP contribution in [0.4, 0.5) is 11.4 Å². The van der Waals surface area contributed by atoms with Gasteiger partial charge in [-0.15, -0.1) is 0 Å². The Morgan fingerprint density at radius 1 is 1.42 bits per heavy atom. The highest BCUT2D eigenvalue weighted by Gasteiger charge is 2.19. The monoisotopic (exact) mass is 272 g/mol. The zero-order chi connectivity index (χ0) is 13.2. The lowest BCUT2D eigenvalue weighted by Crippen LogP contribution is -1.96. The quantitative estimate of drug-likeness (QED) is 0.660. The molecule has 0 bridgehead atoms. The van der Waals surface area contributed by atoms with Crippen molar-refractivity contribution in [1.29, 1.82) is 0 Å². The van der Waals surface area contributed by atoms with Crippen LogP contribution in [-0.2, 0) is 4.74 Å². The molecule has 3 nitrogen and oxygen atoms in total. The van der Waals surface area contributed by atoms with Crippen molar-refractivity contribution in [3.05, 3.63) is 40.8 Å². The van der Waals surface area contributed by atoms with Crippen LogP contribution in [0.1, 0.15) is 12.5 Å². The zero-order valence-corrected chi connectivity index (χ0v) is 11.6. The minimum Gasteiger partial charge on any atom is -0.501 e. The van der Waals surface area contributed by atoms with Gasteiger partial charge in [0.1, 0.15) is 0 Å². The van der Waals surface area contributed by atoms with Gasteiger partial charge in [0.2, 0.25) is 0 Å². The normalized spacial score (nSPS) is 15.3. The molecule has 0 radical (unpaired) electrons. The van der Waals surface area contributed by atoms with Crippen LogP contribution in [0, 0.1) is 0 Å². The number of thiophene rings is 1. The van der Waals surface area contributed by atoms with Gasteiger partial charge in [0.25, 0.3) is 0 Å². The number of anilines is 2. The van der Waals surface area contributed by atoms with Crippen LogP contribution in [0.3, 0.4) is 0 Å². The van der Waals surface area contributed by atoms with Gasteiger partial charge < -0.3 is 15.8 Å². The smallest absolute Gasteiger partial charge is 0.0885 e. The van der Waals surface area contributed by atoms with Gasteiger partial charge in [-0.3, -0.25) is 0 Å². The average Bonchev–Trinajstić information content (AvgIpc) is 3.06. The SMILES string of the molecule is CCOC=C1CNc2c(N)cc(-c3ccsc3)cc21. The summed E-state index contributed by atoms with van der Waals surface area (Å²) < 4.78 is 5.40. The van der Waals surface area contributed by atoms with Crippen LogP contribution in [0.2, 0.25) is 0 Å². The summed E-state index contributed by atoms with van der Waals surface area (Å²) in [6.45, 7) is 3.43. The molecule has 3 N–H and O–H groups in total. The summed E-state index contributed by atoms with van der Waals surface area (Å²) >= 11 is 1.69. The van der Waals surface area contributed by atoms with Crippen LogP contribution in [-0.4, -0.2) is 13.2 Å². The van der Waals surface area contributed by atoms with E-state index in [9.17, 15) is 0 Å². The Hall–Kier alpha value is -1.94. The topological polar surface area (TPSA) is 47.3 Å². The molecule has 0 fully saturated rings. The lowest BCUT2D eigenvalue weighted by Gasteiger charge is -2.08. The Morgan fingerprint density at radius 3 is 3.05 bits per heavy atom. The summed E-state index contributed by atoms with van der Waals surface area (Å²) in [7, 11) is 0. The molecule has 19 heavy (non-hydrogen) atoms. The highest BCUT2D eigenvalue weighted by atomic mass is 32.1. The van der Waals surface area contributed by atoms with Crippen LogP contribution in [0.25, 0.3) is 16.7 Å². The molecule has 1 aromatic heterocycles. The highest BCUT2D eigenvalue weighted by Crippen LogP contribution is 2.39. The Kier molecular flexibility index (Phi) is 3.17. The largest absolute Gasteiger partial charge is 0.501 e. The first-order valence-electron chi connectivity index (χ1n) is 6.30. The van der Waals surface area contributed by atoms with Gasteiger partial charge >= 0.3 is 0 Å². The number of hydrogen-bond acceptors (Lipinski definition) is 4. The van der Waals surface area contributed by atoms with Gasteiger partial charge in [0, 0.05) is 17.7 Å². The first-order chi connectivity index (χ1) is 9.29. The van der Waals surface area contributed by atoms with E-state index in [1.807, 2.05) is 19.3 Å². The van der Waals surface area contributed by atoms with Gasteiger partial charge in [-0.1, -0.05) is 0 Å². The molecule has 1 aliphatic heterocycles. The molecule has 0 amide bonds. The Bertz CT molecular complexity index is 617. The molecule has 0 saturated carbocycles. The van der Waals surface area contributed by atoms with E-state index in [-0.39, 0.29) is 0 Å². The second kappa shape index (κ2) is 4.97. The third-order valence-corrected chi connectivity index (χ3v) is 3.90. The fraction of sp³-hybridized carbons (Fsp3) is 0.200. The predicted octanol–water partition coefficient (Wildman–Crippen LogP) is 3.80. The number of hydrogen-bond donors (Lipinski definition) is 2. The van der Waals surface area contributed by atoms with E-state index in [0.29, 0.717) is 6.61 Å². The van der Waals surface area contributed by atoms with Crippen molar-refractivity contribution < 1.29 is 4.74 Å². The maximum absolute atomic E-state index is 6.14. The summed E-state index contributed by atoms with van der Waals surface area (Å²) in [4.78, 5) is 0. The molecule has 4 heteroatoms. The number of nitrogen functional groups attached to an aromatic ring is 1. The van der Waals surface area contributed by atoms with Gasteiger partial charge in [-0.05, 0) is 47.0 Å². The average molecular weight is 272 g/mol. The van der Waals surface area contributed by atoms with E-state index in [4.69, 9.17) is 10.5 Å². The standard InChI is InChI=1S/C15H16N2OS/c1-2-18-8-12-7-17-15-13(12)5-11(6-14(15)16)10-3-4-19-9-10/h3-6,8-9,17H,2,7,16H2,1H3. The molecule has 0 aliphatic carbocycles. The number of ether oxygens (including phenoxy) is 1. The number of nitrogens with one attached hydrogen (secondary N) is 1. The van der Waals surface area contributed by atoms with Crippen LogP contribution in [0.15, 0.2) is 35.2 Å². The Labute approximate surface area is 116 Å². The maximum atomic E-state index is 6.14. The van der Waals surface area contributed by atoms with Gasteiger partial charge in [0.05, 0.1) is 24.2 Å². The van der Waals surface area contributed by atoms with Crippen molar-refractivity contribution in [2.45, 2.75) is 6.92 Å². The van der Waals surface area contributed by atoms with E-state index in [1.165, 1.54) is 5.56 Å². The third-order valence-electron chi connectivity index (χ3n) is 3.22. The second-order valence-electron chi connectivity index (χ2n) is 4.45. The van der Waals surface area contributed by atoms with E-state index >= 15 is 0 Å². The molecule has 98 valence electrons. The number of benzene rings is 1. The van der Waals surface area contributed by atoms with E-state index in [1.54, 1.807) is 11.3 Å². The fourth-order valence-corrected chi connectivity index (χ4v) is 2.94. The van der Waals surface area contributed by atoms with Gasteiger partial charge in [0.15, 0.2) is 0 Å². The number of nitrogens with two attached hydrogens (primary N) is 1. The summed E-state index contributed by atoms with van der Waals surface area (Å²) in [5.41, 5.74) is 12.6. The molecule has 2 heterocycles. The molecule has 1 aliphatic rings. The molecule has 0 atom stereocenters.